The third kappa shape index (κ3) is 2.08. The Balaban J connectivity index is 2.44. The molecule has 0 aliphatic carbocycles. The maximum atomic E-state index is 6.00. The van der Waals surface area contributed by atoms with Crippen LogP contribution < -0.4 is 4.74 Å². The zero-order chi connectivity index (χ0) is 10.8. The van der Waals surface area contributed by atoms with Crippen LogP contribution in [0.4, 0.5) is 0 Å². The number of halogens is 2. The molecule has 1 aromatic heterocycles. The van der Waals surface area contributed by atoms with Crippen molar-refractivity contribution in [1.82, 2.24) is 9.78 Å². The lowest BCUT2D eigenvalue weighted by molar-refractivity contribution is 0.448. The van der Waals surface area contributed by atoms with E-state index < -0.39 is 0 Å². The average Bonchev–Trinajstić information content (AvgIpc) is 2.66. The highest BCUT2D eigenvalue weighted by Crippen LogP contribution is 2.24. The fourth-order valence-electron chi connectivity index (χ4n) is 1.17. The molecule has 0 saturated heterocycles. The van der Waals surface area contributed by atoms with Crippen molar-refractivity contribution in [1.29, 1.82) is 0 Å². The molecular formula is C10H6Cl2N2O. The summed E-state index contributed by atoms with van der Waals surface area (Å²) in [5, 5.41) is 5.12. The molecular weight excluding hydrogens is 235 g/mol. The average molecular weight is 241 g/mol. The van der Waals surface area contributed by atoms with Crippen molar-refractivity contribution in [2.24, 2.45) is 0 Å². The van der Waals surface area contributed by atoms with Crippen LogP contribution in [0.1, 0.15) is 0 Å². The minimum atomic E-state index is 0.320. The van der Waals surface area contributed by atoms with Crippen LogP contribution >= 0.6 is 23.2 Å². The fourth-order valence-corrected chi connectivity index (χ4v) is 1.67. The Morgan fingerprint density at radius 2 is 2.07 bits per heavy atom. The van der Waals surface area contributed by atoms with E-state index in [0.29, 0.717) is 21.6 Å². The summed E-state index contributed by atoms with van der Waals surface area (Å²) in [6.45, 7) is 0. The topological polar surface area (TPSA) is 27.1 Å². The van der Waals surface area contributed by atoms with Crippen LogP contribution in [0.15, 0.2) is 30.5 Å². The number of benzene rings is 1. The molecule has 0 atom stereocenters. The highest BCUT2D eigenvalue weighted by atomic mass is 35.5. The Labute approximate surface area is 97.2 Å². The van der Waals surface area contributed by atoms with E-state index in [4.69, 9.17) is 30.3 Å². The van der Waals surface area contributed by atoms with Gasteiger partial charge in [-0.15, -0.1) is 5.10 Å². The molecule has 0 saturated carbocycles. The van der Waals surface area contributed by atoms with Crippen LogP contribution in [0.5, 0.6) is 5.88 Å². The lowest BCUT2D eigenvalue weighted by Crippen LogP contribution is -1.95. The van der Waals surface area contributed by atoms with Crippen LogP contribution in [-0.4, -0.2) is 9.78 Å². The fraction of sp³-hybridized carbons (Fsp3) is 0. The predicted molar refractivity (Wildman–Crippen MR) is 58.5 cm³/mol. The SMILES string of the molecule is [CH]Oc1ccn(-c2ccc(Cl)cc2Cl)n1. The zero-order valence-electron chi connectivity index (χ0n) is 7.52. The molecule has 0 fully saturated rings. The number of ether oxygens (including phenoxy) is 1. The molecule has 1 aromatic carbocycles. The number of nitrogens with zero attached hydrogens (tertiary/aromatic N) is 2. The first-order chi connectivity index (χ1) is 7.20. The van der Waals surface area contributed by atoms with Gasteiger partial charge in [-0.1, -0.05) is 23.2 Å². The smallest absolute Gasteiger partial charge is 0.233 e. The molecule has 2 aromatic rings. The van der Waals surface area contributed by atoms with E-state index in [1.807, 2.05) is 0 Å². The van der Waals surface area contributed by atoms with Gasteiger partial charge in [0.05, 0.1) is 10.7 Å². The zero-order valence-corrected chi connectivity index (χ0v) is 9.03. The van der Waals surface area contributed by atoms with Crippen LogP contribution in [0.2, 0.25) is 10.0 Å². The molecule has 0 unspecified atom stereocenters. The molecule has 0 bridgehead atoms. The Morgan fingerprint density at radius 1 is 1.27 bits per heavy atom. The monoisotopic (exact) mass is 240 g/mol. The molecule has 0 aliphatic heterocycles. The lowest BCUT2D eigenvalue weighted by Gasteiger charge is -2.03. The van der Waals surface area contributed by atoms with Gasteiger partial charge in [-0.2, -0.15) is 0 Å². The van der Waals surface area contributed by atoms with E-state index in [0.717, 1.165) is 0 Å². The van der Waals surface area contributed by atoms with Gasteiger partial charge in [0.15, 0.2) is 7.11 Å². The van der Waals surface area contributed by atoms with E-state index >= 15 is 0 Å². The normalized spacial score (nSPS) is 10.3. The van der Waals surface area contributed by atoms with Crippen molar-refractivity contribution in [2.45, 2.75) is 0 Å². The molecule has 0 aliphatic rings. The molecule has 3 nitrogen and oxygen atoms in total. The molecule has 1 heterocycles. The van der Waals surface area contributed by atoms with E-state index in [9.17, 15) is 0 Å². The summed E-state index contributed by atoms with van der Waals surface area (Å²) in [6.07, 6.45) is 1.69. The molecule has 0 amide bonds. The highest BCUT2D eigenvalue weighted by molar-refractivity contribution is 6.35. The first-order valence-electron chi connectivity index (χ1n) is 4.08. The summed E-state index contributed by atoms with van der Waals surface area (Å²) < 4.78 is 6.04. The summed E-state index contributed by atoms with van der Waals surface area (Å²) in [5.74, 6) is 0.320. The van der Waals surface area contributed by atoms with Gasteiger partial charge in [-0.3, -0.25) is 0 Å². The van der Waals surface area contributed by atoms with Gasteiger partial charge in [0.2, 0.25) is 5.88 Å². The number of aromatic nitrogens is 2. The summed E-state index contributed by atoms with van der Waals surface area (Å²) in [4.78, 5) is 0. The third-order valence-corrected chi connectivity index (χ3v) is 2.38. The van der Waals surface area contributed by atoms with Gasteiger partial charge < -0.3 is 4.74 Å². The van der Waals surface area contributed by atoms with Gasteiger partial charge in [-0.25, -0.2) is 4.68 Å². The summed E-state index contributed by atoms with van der Waals surface area (Å²) >= 11 is 11.8. The Bertz CT molecular complexity index is 482. The van der Waals surface area contributed by atoms with E-state index in [-0.39, 0.29) is 0 Å². The lowest BCUT2D eigenvalue weighted by atomic mass is 10.3. The highest BCUT2D eigenvalue weighted by Gasteiger charge is 2.05. The minimum absolute atomic E-state index is 0.320. The molecule has 0 spiro atoms. The molecule has 2 radical (unpaired) electrons. The second-order valence-electron chi connectivity index (χ2n) is 2.81. The quantitative estimate of drug-likeness (QED) is 0.806. The molecule has 15 heavy (non-hydrogen) atoms. The van der Waals surface area contributed by atoms with Gasteiger partial charge >= 0.3 is 0 Å². The number of hydrogen-bond donors (Lipinski definition) is 0. The third-order valence-electron chi connectivity index (χ3n) is 1.84. The van der Waals surface area contributed by atoms with Crippen LogP contribution in [0, 0.1) is 7.11 Å². The second kappa shape index (κ2) is 4.13. The molecule has 2 rings (SSSR count). The standard InChI is InChI=1S/C10H6Cl2N2O/c1-15-10-4-5-14(13-10)9-3-2-7(11)6-8(9)12/h1-6H. The van der Waals surface area contributed by atoms with Gasteiger partial charge in [0.1, 0.15) is 0 Å². The first kappa shape index (κ1) is 10.3. The maximum absolute atomic E-state index is 6.00. The molecule has 5 heteroatoms. The summed E-state index contributed by atoms with van der Waals surface area (Å²) in [6, 6.07) is 6.76. The van der Waals surface area contributed by atoms with Crippen LogP contribution in [0.25, 0.3) is 5.69 Å². The van der Waals surface area contributed by atoms with Gasteiger partial charge in [0.25, 0.3) is 0 Å². The second-order valence-corrected chi connectivity index (χ2v) is 3.66. The number of hydrogen-bond acceptors (Lipinski definition) is 2. The summed E-state index contributed by atoms with van der Waals surface area (Å²) in [7, 11) is 4.97. The molecule has 76 valence electrons. The Morgan fingerprint density at radius 3 is 2.67 bits per heavy atom. The van der Waals surface area contributed by atoms with E-state index in [1.54, 1.807) is 35.1 Å². The van der Waals surface area contributed by atoms with Crippen LogP contribution in [-0.2, 0) is 0 Å². The van der Waals surface area contributed by atoms with E-state index in [1.165, 1.54) is 0 Å². The van der Waals surface area contributed by atoms with Gasteiger partial charge in [0, 0.05) is 17.3 Å². The van der Waals surface area contributed by atoms with Crippen LogP contribution in [0.3, 0.4) is 0 Å². The molecule has 0 N–H and O–H groups in total. The van der Waals surface area contributed by atoms with Crippen molar-refractivity contribution in [3.05, 3.63) is 47.6 Å². The Hall–Kier alpha value is -1.19. The van der Waals surface area contributed by atoms with Crippen molar-refractivity contribution >= 4 is 23.2 Å². The van der Waals surface area contributed by atoms with Gasteiger partial charge in [-0.05, 0) is 18.2 Å². The van der Waals surface area contributed by atoms with Crippen molar-refractivity contribution in [3.8, 4) is 11.6 Å². The Kier molecular flexibility index (Phi) is 2.84. The first-order valence-corrected chi connectivity index (χ1v) is 4.84. The number of rotatable bonds is 2. The maximum Gasteiger partial charge on any atom is 0.233 e. The summed E-state index contributed by atoms with van der Waals surface area (Å²) in [5.41, 5.74) is 0.712. The largest absolute Gasteiger partial charge is 0.465 e. The van der Waals surface area contributed by atoms with E-state index in [2.05, 4.69) is 9.84 Å². The predicted octanol–water partition coefficient (Wildman–Crippen LogP) is 3.23. The van der Waals surface area contributed by atoms with Crippen molar-refractivity contribution in [3.63, 3.8) is 0 Å². The van der Waals surface area contributed by atoms with Crippen molar-refractivity contribution in [2.75, 3.05) is 0 Å². The minimum Gasteiger partial charge on any atom is -0.465 e. The van der Waals surface area contributed by atoms with Crippen molar-refractivity contribution < 1.29 is 4.74 Å².